The van der Waals surface area contributed by atoms with Crippen LogP contribution in [0, 0.1) is 13.8 Å². The van der Waals surface area contributed by atoms with E-state index in [0.717, 1.165) is 22.3 Å². The van der Waals surface area contributed by atoms with E-state index in [0.29, 0.717) is 6.61 Å². The molecule has 4 rings (SSSR count). The lowest BCUT2D eigenvalue weighted by Crippen LogP contribution is -2.06. The van der Waals surface area contributed by atoms with Gasteiger partial charge in [0.25, 0.3) is 0 Å². The molecule has 2 heterocycles. The first kappa shape index (κ1) is 11.5. The fourth-order valence-electron chi connectivity index (χ4n) is 3.08. The summed E-state index contributed by atoms with van der Waals surface area (Å²) in [6.45, 7) is 4.79. The highest BCUT2D eigenvalue weighted by molar-refractivity contribution is 5.96. The molecule has 2 aromatic carbocycles. The number of nitrogens with zero attached hydrogens (tertiary/aromatic N) is 1. The molecule has 0 aliphatic carbocycles. The molecule has 3 aromatic rings. The number of fused-ring (bicyclic) bond motifs is 5. The normalized spacial score (nSPS) is 12.7. The Morgan fingerprint density at radius 2 is 1.85 bits per heavy atom. The lowest BCUT2D eigenvalue weighted by molar-refractivity contribution is 0.306. The Morgan fingerprint density at radius 3 is 2.75 bits per heavy atom. The fraction of sp³-hybridized carbons (Fsp3) is 0.167. The standard InChI is InChI=1S/C18H15NO/c1-11-9-12(2)19-16-8-7-15-14-6-4-3-5-13(14)10-20-18(15)17(11)16/h3-9H,10H2,1-2H3. The summed E-state index contributed by atoms with van der Waals surface area (Å²) in [4.78, 5) is 4.62. The van der Waals surface area contributed by atoms with Crippen LogP contribution in [-0.4, -0.2) is 4.98 Å². The number of ether oxygens (including phenoxy) is 1. The number of pyridine rings is 1. The third-order valence-electron chi connectivity index (χ3n) is 3.93. The Labute approximate surface area is 118 Å². The van der Waals surface area contributed by atoms with Gasteiger partial charge in [0, 0.05) is 16.6 Å². The van der Waals surface area contributed by atoms with E-state index in [1.54, 1.807) is 0 Å². The van der Waals surface area contributed by atoms with Crippen LogP contribution in [0.2, 0.25) is 0 Å². The van der Waals surface area contributed by atoms with E-state index in [1.165, 1.54) is 22.3 Å². The van der Waals surface area contributed by atoms with Crippen molar-refractivity contribution in [1.29, 1.82) is 0 Å². The molecule has 0 saturated heterocycles. The van der Waals surface area contributed by atoms with Crippen molar-refractivity contribution in [3.05, 3.63) is 59.3 Å². The van der Waals surface area contributed by atoms with Crippen LogP contribution in [0.15, 0.2) is 42.5 Å². The SMILES string of the molecule is Cc1cc(C)c2c3c(ccc2n1)-c1ccccc1CO3. The first-order chi connectivity index (χ1) is 9.74. The molecule has 0 spiro atoms. The smallest absolute Gasteiger partial charge is 0.137 e. The molecule has 20 heavy (non-hydrogen) atoms. The first-order valence-electron chi connectivity index (χ1n) is 6.86. The van der Waals surface area contributed by atoms with Gasteiger partial charge in [0.05, 0.1) is 5.52 Å². The van der Waals surface area contributed by atoms with Gasteiger partial charge in [-0.15, -0.1) is 0 Å². The summed E-state index contributed by atoms with van der Waals surface area (Å²) in [5.41, 5.74) is 6.98. The second-order valence-corrected chi connectivity index (χ2v) is 5.36. The van der Waals surface area contributed by atoms with Crippen molar-refractivity contribution in [3.8, 4) is 16.9 Å². The zero-order valence-corrected chi connectivity index (χ0v) is 11.6. The van der Waals surface area contributed by atoms with Crippen LogP contribution < -0.4 is 4.74 Å². The molecule has 0 atom stereocenters. The van der Waals surface area contributed by atoms with Gasteiger partial charge in [0.1, 0.15) is 12.4 Å². The minimum atomic E-state index is 0.635. The van der Waals surface area contributed by atoms with Crippen LogP contribution in [-0.2, 0) is 6.61 Å². The molecule has 0 amide bonds. The van der Waals surface area contributed by atoms with Gasteiger partial charge in [-0.05, 0) is 48.7 Å². The van der Waals surface area contributed by atoms with E-state index in [2.05, 4.69) is 54.4 Å². The molecule has 2 nitrogen and oxygen atoms in total. The molecular formula is C18H15NO. The number of hydrogen-bond acceptors (Lipinski definition) is 2. The lowest BCUT2D eigenvalue weighted by Gasteiger charge is -2.22. The molecule has 0 unspecified atom stereocenters. The van der Waals surface area contributed by atoms with Gasteiger partial charge in [0.15, 0.2) is 0 Å². The highest BCUT2D eigenvalue weighted by Crippen LogP contribution is 2.42. The van der Waals surface area contributed by atoms with Gasteiger partial charge in [-0.2, -0.15) is 0 Å². The van der Waals surface area contributed by atoms with Crippen LogP contribution in [0.5, 0.6) is 5.75 Å². The Bertz CT molecular complexity index is 836. The van der Waals surface area contributed by atoms with Gasteiger partial charge in [0.2, 0.25) is 0 Å². The lowest BCUT2D eigenvalue weighted by atomic mass is 9.94. The summed E-state index contributed by atoms with van der Waals surface area (Å²) >= 11 is 0. The van der Waals surface area contributed by atoms with Crippen molar-refractivity contribution in [2.75, 3.05) is 0 Å². The predicted octanol–water partition coefficient (Wildman–Crippen LogP) is 4.41. The molecule has 1 aliphatic rings. The largest absolute Gasteiger partial charge is 0.488 e. The van der Waals surface area contributed by atoms with Crippen LogP contribution in [0.3, 0.4) is 0 Å². The monoisotopic (exact) mass is 261 g/mol. The fourth-order valence-corrected chi connectivity index (χ4v) is 3.08. The van der Waals surface area contributed by atoms with Crippen molar-refractivity contribution in [1.82, 2.24) is 4.98 Å². The summed E-state index contributed by atoms with van der Waals surface area (Å²) in [6, 6.07) is 14.8. The number of hydrogen-bond donors (Lipinski definition) is 0. The number of aryl methyl sites for hydroxylation is 2. The summed E-state index contributed by atoms with van der Waals surface area (Å²) in [7, 11) is 0. The minimum Gasteiger partial charge on any atom is -0.488 e. The molecule has 0 N–H and O–H groups in total. The van der Waals surface area contributed by atoms with Gasteiger partial charge in [-0.1, -0.05) is 24.3 Å². The summed E-state index contributed by atoms with van der Waals surface area (Å²) in [5, 5.41) is 1.14. The molecule has 1 aliphatic heterocycles. The van der Waals surface area contributed by atoms with Crippen LogP contribution in [0.25, 0.3) is 22.0 Å². The van der Waals surface area contributed by atoms with Crippen molar-refractivity contribution >= 4 is 10.9 Å². The van der Waals surface area contributed by atoms with Crippen LogP contribution in [0.1, 0.15) is 16.8 Å². The van der Waals surface area contributed by atoms with Crippen molar-refractivity contribution < 1.29 is 4.74 Å². The Kier molecular flexibility index (Phi) is 2.34. The van der Waals surface area contributed by atoms with E-state index in [4.69, 9.17) is 4.74 Å². The van der Waals surface area contributed by atoms with Crippen LogP contribution >= 0.6 is 0 Å². The highest BCUT2D eigenvalue weighted by atomic mass is 16.5. The van der Waals surface area contributed by atoms with E-state index >= 15 is 0 Å². The summed E-state index contributed by atoms with van der Waals surface area (Å²) in [5.74, 6) is 0.978. The van der Waals surface area contributed by atoms with E-state index in [1.807, 2.05) is 6.92 Å². The number of rotatable bonds is 0. The maximum Gasteiger partial charge on any atom is 0.137 e. The molecule has 98 valence electrons. The van der Waals surface area contributed by atoms with E-state index in [-0.39, 0.29) is 0 Å². The maximum absolute atomic E-state index is 6.04. The summed E-state index contributed by atoms with van der Waals surface area (Å²) < 4.78 is 6.04. The molecular weight excluding hydrogens is 246 g/mol. The zero-order chi connectivity index (χ0) is 13.7. The Balaban J connectivity index is 2.10. The second-order valence-electron chi connectivity index (χ2n) is 5.36. The Hall–Kier alpha value is -2.35. The quantitative estimate of drug-likeness (QED) is 0.598. The molecule has 1 aromatic heterocycles. The molecule has 0 fully saturated rings. The Morgan fingerprint density at radius 1 is 1.00 bits per heavy atom. The zero-order valence-electron chi connectivity index (χ0n) is 11.6. The van der Waals surface area contributed by atoms with E-state index < -0.39 is 0 Å². The topological polar surface area (TPSA) is 22.1 Å². The first-order valence-corrected chi connectivity index (χ1v) is 6.86. The molecule has 0 radical (unpaired) electrons. The van der Waals surface area contributed by atoms with E-state index in [9.17, 15) is 0 Å². The van der Waals surface area contributed by atoms with Crippen molar-refractivity contribution in [2.45, 2.75) is 20.5 Å². The predicted molar refractivity (Wildman–Crippen MR) is 81.0 cm³/mol. The average Bonchev–Trinajstić information content (AvgIpc) is 2.46. The van der Waals surface area contributed by atoms with Crippen LogP contribution in [0.4, 0.5) is 0 Å². The second kappa shape index (κ2) is 4.07. The van der Waals surface area contributed by atoms with Gasteiger partial charge in [-0.3, -0.25) is 4.98 Å². The van der Waals surface area contributed by atoms with Crippen molar-refractivity contribution in [2.24, 2.45) is 0 Å². The number of benzene rings is 2. The molecule has 0 bridgehead atoms. The minimum absolute atomic E-state index is 0.635. The van der Waals surface area contributed by atoms with Crippen molar-refractivity contribution in [3.63, 3.8) is 0 Å². The third kappa shape index (κ3) is 1.54. The summed E-state index contributed by atoms with van der Waals surface area (Å²) in [6.07, 6.45) is 0. The van der Waals surface area contributed by atoms with Gasteiger partial charge in [-0.25, -0.2) is 0 Å². The third-order valence-corrected chi connectivity index (χ3v) is 3.93. The highest BCUT2D eigenvalue weighted by Gasteiger charge is 2.20. The number of aromatic nitrogens is 1. The maximum atomic E-state index is 6.04. The molecule has 2 heteroatoms. The van der Waals surface area contributed by atoms with Gasteiger partial charge < -0.3 is 4.74 Å². The van der Waals surface area contributed by atoms with Gasteiger partial charge >= 0.3 is 0 Å². The average molecular weight is 261 g/mol. The molecule has 0 saturated carbocycles.